The summed E-state index contributed by atoms with van der Waals surface area (Å²) in [6.07, 6.45) is 1.72. The summed E-state index contributed by atoms with van der Waals surface area (Å²) >= 11 is 5.84. The molecular formula is C18H19ClN2O3S. The van der Waals surface area contributed by atoms with Crippen molar-refractivity contribution in [2.24, 2.45) is 0 Å². The average molecular weight is 379 g/mol. The number of hydrogen-bond acceptors (Lipinski definition) is 3. The summed E-state index contributed by atoms with van der Waals surface area (Å²) in [7, 11) is -3.59. The summed E-state index contributed by atoms with van der Waals surface area (Å²) in [6, 6.07) is 11.8. The maximum Gasteiger partial charge on any atom is 0.251 e. The van der Waals surface area contributed by atoms with Gasteiger partial charge in [-0.2, -0.15) is 0 Å². The molecular weight excluding hydrogens is 360 g/mol. The number of nitrogens with one attached hydrogen (secondary N) is 2. The van der Waals surface area contributed by atoms with Crippen LogP contribution in [0.5, 0.6) is 0 Å². The normalized spacial score (nSPS) is 14.3. The molecule has 0 bridgehead atoms. The van der Waals surface area contributed by atoms with Gasteiger partial charge in [0.15, 0.2) is 0 Å². The van der Waals surface area contributed by atoms with E-state index in [0.29, 0.717) is 17.1 Å². The van der Waals surface area contributed by atoms with E-state index in [0.717, 1.165) is 24.0 Å². The summed E-state index contributed by atoms with van der Waals surface area (Å²) in [5.41, 5.74) is 1.99. The molecule has 2 N–H and O–H groups in total. The lowest BCUT2D eigenvalue weighted by molar-refractivity contribution is 0.0950. The van der Waals surface area contributed by atoms with Gasteiger partial charge in [-0.3, -0.25) is 4.79 Å². The fraction of sp³-hybridized carbons (Fsp3) is 0.278. The minimum atomic E-state index is -3.59. The Hall–Kier alpha value is -1.89. The van der Waals surface area contributed by atoms with Gasteiger partial charge < -0.3 is 5.32 Å². The molecule has 0 saturated heterocycles. The molecule has 0 aromatic heterocycles. The molecule has 0 aliphatic heterocycles. The molecule has 2 aromatic rings. The summed E-state index contributed by atoms with van der Waals surface area (Å²) in [5, 5.41) is 3.44. The van der Waals surface area contributed by atoms with E-state index in [1.54, 1.807) is 25.1 Å². The van der Waals surface area contributed by atoms with Crippen LogP contribution in [0.1, 0.15) is 34.3 Å². The Morgan fingerprint density at radius 2 is 1.84 bits per heavy atom. The Morgan fingerprint density at radius 3 is 2.48 bits per heavy atom. The summed E-state index contributed by atoms with van der Waals surface area (Å²) < 4.78 is 27.3. The van der Waals surface area contributed by atoms with E-state index in [-0.39, 0.29) is 16.8 Å². The van der Waals surface area contributed by atoms with Crippen molar-refractivity contribution in [1.82, 2.24) is 10.0 Å². The molecule has 1 aliphatic carbocycles. The van der Waals surface area contributed by atoms with Crippen LogP contribution in [0.25, 0.3) is 0 Å². The largest absolute Gasteiger partial charge is 0.348 e. The number of carbonyl (C=O) groups is 1. The molecule has 5 nitrogen and oxygen atoms in total. The van der Waals surface area contributed by atoms with Crippen LogP contribution in [-0.2, 0) is 16.6 Å². The SMILES string of the molecule is Cc1ccc(S(=O)(=O)NC2CC2)cc1C(=O)NCc1ccc(Cl)cc1. The van der Waals surface area contributed by atoms with Gasteiger partial charge in [0, 0.05) is 23.2 Å². The minimum absolute atomic E-state index is 0.0217. The van der Waals surface area contributed by atoms with E-state index in [2.05, 4.69) is 10.0 Å². The zero-order valence-corrected chi connectivity index (χ0v) is 15.3. The van der Waals surface area contributed by atoms with Crippen LogP contribution < -0.4 is 10.0 Å². The maximum atomic E-state index is 12.5. The van der Waals surface area contributed by atoms with Crippen molar-refractivity contribution in [3.63, 3.8) is 0 Å². The molecule has 1 aliphatic rings. The van der Waals surface area contributed by atoms with Gasteiger partial charge in [0.05, 0.1) is 4.90 Å². The molecule has 0 spiro atoms. The van der Waals surface area contributed by atoms with Gasteiger partial charge in [-0.1, -0.05) is 29.8 Å². The molecule has 0 atom stereocenters. The first-order chi connectivity index (χ1) is 11.8. The van der Waals surface area contributed by atoms with Crippen LogP contribution in [0.3, 0.4) is 0 Å². The average Bonchev–Trinajstić information content (AvgIpc) is 3.37. The smallest absolute Gasteiger partial charge is 0.251 e. The zero-order valence-electron chi connectivity index (χ0n) is 13.8. The third kappa shape index (κ3) is 4.60. The lowest BCUT2D eigenvalue weighted by Gasteiger charge is -2.11. The molecule has 1 amide bonds. The van der Waals surface area contributed by atoms with E-state index in [1.165, 1.54) is 12.1 Å². The lowest BCUT2D eigenvalue weighted by atomic mass is 10.1. The van der Waals surface area contributed by atoms with Crippen molar-refractivity contribution in [1.29, 1.82) is 0 Å². The van der Waals surface area contributed by atoms with Crippen LogP contribution in [0, 0.1) is 6.92 Å². The predicted molar refractivity (Wildman–Crippen MR) is 97.1 cm³/mol. The second-order valence-electron chi connectivity index (χ2n) is 6.18. The van der Waals surface area contributed by atoms with E-state index in [1.807, 2.05) is 12.1 Å². The van der Waals surface area contributed by atoms with Gasteiger partial charge in [-0.05, 0) is 55.2 Å². The molecule has 3 rings (SSSR count). The first-order valence-corrected chi connectivity index (χ1v) is 9.87. The van der Waals surface area contributed by atoms with Gasteiger partial charge in [0.25, 0.3) is 5.91 Å². The number of hydrogen-bond donors (Lipinski definition) is 2. The Balaban J connectivity index is 1.75. The standard InChI is InChI=1S/C18H19ClN2O3S/c1-12-2-9-16(25(23,24)21-15-7-8-15)10-17(12)18(22)20-11-13-3-5-14(19)6-4-13/h2-6,9-10,15,21H,7-8,11H2,1H3,(H,20,22). The van der Waals surface area contributed by atoms with Crippen LogP contribution in [-0.4, -0.2) is 20.4 Å². The number of amides is 1. The minimum Gasteiger partial charge on any atom is -0.348 e. The van der Waals surface area contributed by atoms with E-state index in [9.17, 15) is 13.2 Å². The fourth-order valence-electron chi connectivity index (χ4n) is 2.38. The molecule has 0 unspecified atom stereocenters. The summed E-state index contributed by atoms with van der Waals surface area (Å²) in [5.74, 6) is -0.309. The highest BCUT2D eigenvalue weighted by Gasteiger charge is 2.28. The molecule has 0 heterocycles. The van der Waals surface area contributed by atoms with Crippen LogP contribution in [0.2, 0.25) is 5.02 Å². The number of rotatable bonds is 6. The molecule has 7 heteroatoms. The predicted octanol–water partition coefficient (Wildman–Crippen LogP) is 3.02. The van der Waals surface area contributed by atoms with E-state index in [4.69, 9.17) is 11.6 Å². The van der Waals surface area contributed by atoms with Gasteiger partial charge in [-0.15, -0.1) is 0 Å². The summed E-state index contributed by atoms with van der Waals surface area (Å²) in [6.45, 7) is 2.12. The zero-order chi connectivity index (χ0) is 18.0. The third-order valence-corrected chi connectivity index (χ3v) is 5.80. The maximum absolute atomic E-state index is 12.5. The van der Waals surface area contributed by atoms with Gasteiger partial charge in [0.1, 0.15) is 0 Å². The highest BCUT2D eigenvalue weighted by molar-refractivity contribution is 7.89. The Kier molecular flexibility index (Phi) is 5.13. The van der Waals surface area contributed by atoms with Crippen LogP contribution in [0.15, 0.2) is 47.4 Å². The molecule has 1 fully saturated rings. The quantitative estimate of drug-likeness (QED) is 0.811. The fourth-order valence-corrected chi connectivity index (χ4v) is 3.84. The Bertz CT molecular complexity index is 891. The highest BCUT2D eigenvalue weighted by atomic mass is 35.5. The van der Waals surface area contributed by atoms with Gasteiger partial charge in [-0.25, -0.2) is 13.1 Å². The number of halogens is 1. The van der Waals surface area contributed by atoms with Crippen molar-refractivity contribution in [3.05, 3.63) is 64.2 Å². The topological polar surface area (TPSA) is 75.3 Å². The number of aryl methyl sites for hydroxylation is 1. The van der Waals surface area contributed by atoms with E-state index >= 15 is 0 Å². The van der Waals surface area contributed by atoms with Crippen molar-refractivity contribution < 1.29 is 13.2 Å². The first-order valence-electron chi connectivity index (χ1n) is 8.01. The lowest BCUT2D eigenvalue weighted by Crippen LogP contribution is -2.27. The van der Waals surface area contributed by atoms with Crippen LogP contribution in [0.4, 0.5) is 0 Å². The highest BCUT2D eigenvalue weighted by Crippen LogP contribution is 2.23. The first kappa shape index (κ1) is 17.9. The second kappa shape index (κ2) is 7.15. The third-order valence-electron chi connectivity index (χ3n) is 4.03. The Morgan fingerprint density at radius 1 is 1.16 bits per heavy atom. The molecule has 132 valence electrons. The van der Waals surface area contributed by atoms with Crippen molar-refractivity contribution >= 4 is 27.5 Å². The summed E-state index contributed by atoms with van der Waals surface area (Å²) in [4.78, 5) is 12.6. The van der Waals surface area contributed by atoms with E-state index < -0.39 is 10.0 Å². The monoisotopic (exact) mass is 378 g/mol. The molecule has 1 saturated carbocycles. The van der Waals surface area contributed by atoms with Gasteiger partial charge in [0.2, 0.25) is 10.0 Å². The van der Waals surface area contributed by atoms with Crippen molar-refractivity contribution in [3.8, 4) is 0 Å². The van der Waals surface area contributed by atoms with Crippen molar-refractivity contribution in [2.45, 2.75) is 37.2 Å². The number of benzene rings is 2. The Labute approximate surface area is 152 Å². The molecule has 0 radical (unpaired) electrons. The molecule has 2 aromatic carbocycles. The number of sulfonamides is 1. The second-order valence-corrected chi connectivity index (χ2v) is 8.33. The molecule has 25 heavy (non-hydrogen) atoms. The van der Waals surface area contributed by atoms with Crippen LogP contribution >= 0.6 is 11.6 Å². The number of carbonyl (C=O) groups excluding carboxylic acids is 1. The van der Waals surface area contributed by atoms with Crippen molar-refractivity contribution in [2.75, 3.05) is 0 Å². The van der Waals surface area contributed by atoms with Gasteiger partial charge >= 0.3 is 0 Å².